The Kier molecular flexibility index (Phi) is 2.40. The molecule has 0 aliphatic carbocycles. The second-order valence-electron chi connectivity index (χ2n) is 3.52. The first-order valence-electron chi connectivity index (χ1n) is 4.77. The topological polar surface area (TPSA) is 54.5 Å². The Morgan fingerprint density at radius 3 is 2.00 bits per heavy atom. The maximum absolute atomic E-state index is 11.8. The van der Waals surface area contributed by atoms with Gasteiger partial charge in [0.05, 0.1) is 0 Å². The highest BCUT2D eigenvalue weighted by Gasteiger charge is 2.30. The Bertz CT molecular complexity index is 482. The van der Waals surface area contributed by atoms with E-state index < -0.39 is 17.7 Å². The van der Waals surface area contributed by atoms with Crippen LogP contribution in [0.1, 0.15) is 15.9 Å². The van der Waals surface area contributed by atoms with Crippen molar-refractivity contribution in [2.24, 2.45) is 0 Å². The molecule has 0 bridgehead atoms. The van der Waals surface area contributed by atoms with Crippen molar-refractivity contribution in [1.29, 1.82) is 0 Å². The molecule has 4 heteroatoms. The number of rotatable bonds is 1. The van der Waals surface area contributed by atoms with Crippen LogP contribution in [-0.2, 0) is 9.59 Å². The molecule has 0 spiro atoms. The molecule has 0 N–H and O–H groups in total. The van der Waals surface area contributed by atoms with E-state index in [2.05, 4.69) is 0 Å². The van der Waals surface area contributed by atoms with Crippen molar-refractivity contribution in [2.75, 3.05) is 0 Å². The highest BCUT2D eigenvalue weighted by molar-refractivity contribution is 6.25. The highest BCUT2D eigenvalue weighted by Crippen LogP contribution is 2.11. The predicted molar refractivity (Wildman–Crippen MR) is 56.5 cm³/mol. The quantitative estimate of drug-likeness (QED) is 0.658. The minimum Gasteiger partial charge on any atom is -0.269 e. The molecular formula is C12H9NO3. The summed E-state index contributed by atoms with van der Waals surface area (Å²) < 4.78 is 0. The molecule has 0 saturated carbocycles. The van der Waals surface area contributed by atoms with E-state index >= 15 is 0 Å². The fraction of sp³-hybridized carbons (Fsp3) is 0.0833. The zero-order chi connectivity index (χ0) is 11.7. The largest absolute Gasteiger partial charge is 0.269 e. The summed E-state index contributed by atoms with van der Waals surface area (Å²) in [6.45, 7) is 1.89. The van der Waals surface area contributed by atoms with Gasteiger partial charge in [0, 0.05) is 17.7 Å². The van der Waals surface area contributed by atoms with Crippen molar-refractivity contribution in [3.63, 3.8) is 0 Å². The average molecular weight is 215 g/mol. The molecule has 3 amide bonds. The van der Waals surface area contributed by atoms with Gasteiger partial charge >= 0.3 is 0 Å². The third kappa shape index (κ3) is 1.65. The van der Waals surface area contributed by atoms with E-state index in [0.29, 0.717) is 10.5 Å². The van der Waals surface area contributed by atoms with Gasteiger partial charge in [0.2, 0.25) is 0 Å². The SMILES string of the molecule is Cc1ccc(C(=O)N2C(=O)C=CC2=O)cc1. The van der Waals surface area contributed by atoms with Crippen molar-refractivity contribution < 1.29 is 14.4 Å². The van der Waals surface area contributed by atoms with Crippen LogP contribution in [0, 0.1) is 6.92 Å². The van der Waals surface area contributed by atoms with Crippen molar-refractivity contribution in [1.82, 2.24) is 4.90 Å². The van der Waals surface area contributed by atoms with E-state index in [0.717, 1.165) is 17.7 Å². The lowest BCUT2D eigenvalue weighted by molar-refractivity contribution is -0.133. The third-order valence-electron chi connectivity index (χ3n) is 2.31. The Morgan fingerprint density at radius 1 is 1.00 bits per heavy atom. The van der Waals surface area contributed by atoms with E-state index in [4.69, 9.17) is 0 Å². The summed E-state index contributed by atoms with van der Waals surface area (Å²) in [6.07, 6.45) is 2.18. The molecule has 0 atom stereocenters. The van der Waals surface area contributed by atoms with Crippen LogP contribution < -0.4 is 0 Å². The normalized spacial score (nSPS) is 14.7. The molecule has 0 unspecified atom stereocenters. The zero-order valence-corrected chi connectivity index (χ0v) is 8.64. The lowest BCUT2D eigenvalue weighted by atomic mass is 10.1. The summed E-state index contributed by atoms with van der Waals surface area (Å²) in [5.74, 6) is -1.76. The van der Waals surface area contributed by atoms with E-state index in [1.54, 1.807) is 24.3 Å². The van der Waals surface area contributed by atoms with Gasteiger partial charge in [-0.05, 0) is 19.1 Å². The first kappa shape index (κ1) is 10.3. The van der Waals surface area contributed by atoms with Gasteiger partial charge in [0.1, 0.15) is 0 Å². The van der Waals surface area contributed by atoms with Crippen LogP contribution >= 0.6 is 0 Å². The molecule has 0 radical (unpaired) electrons. The summed E-state index contributed by atoms with van der Waals surface area (Å²) >= 11 is 0. The fourth-order valence-electron chi connectivity index (χ4n) is 1.43. The van der Waals surface area contributed by atoms with E-state index in [-0.39, 0.29) is 0 Å². The molecule has 16 heavy (non-hydrogen) atoms. The first-order valence-corrected chi connectivity index (χ1v) is 4.77. The molecule has 0 fully saturated rings. The Morgan fingerprint density at radius 2 is 1.50 bits per heavy atom. The summed E-state index contributed by atoms with van der Waals surface area (Å²) in [7, 11) is 0. The van der Waals surface area contributed by atoms with E-state index in [1.807, 2.05) is 6.92 Å². The molecule has 4 nitrogen and oxygen atoms in total. The van der Waals surface area contributed by atoms with Gasteiger partial charge in [0.25, 0.3) is 17.7 Å². The van der Waals surface area contributed by atoms with Crippen LogP contribution in [0.4, 0.5) is 0 Å². The predicted octanol–water partition coefficient (Wildman–Crippen LogP) is 1.06. The molecule has 1 aliphatic rings. The van der Waals surface area contributed by atoms with Gasteiger partial charge in [-0.2, -0.15) is 0 Å². The number of imide groups is 3. The van der Waals surface area contributed by atoms with Gasteiger partial charge in [0.15, 0.2) is 0 Å². The third-order valence-corrected chi connectivity index (χ3v) is 2.31. The molecular weight excluding hydrogens is 206 g/mol. The molecule has 0 aromatic heterocycles. The van der Waals surface area contributed by atoms with Crippen LogP contribution in [0.2, 0.25) is 0 Å². The summed E-state index contributed by atoms with van der Waals surface area (Å²) in [4.78, 5) is 35.0. The smallest absolute Gasteiger partial charge is 0.267 e. The van der Waals surface area contributed by atoms with Crippen LogP contribution in [0.3, 0.4) is 0 Å². The number of hydrogen-bond acceptors (Lipinski definition) is 3. The average Bonchev–Trinajstić information content (AvgIpc) is 2.59. The monoisotopic (exact) mass is 215 g/mol. The molecule has 1 heterocycles. The van der Waals surface area contributed by atoms with Crippen LogP contribution in [-0.4, -0.2) is 22.6 Å². The maximum Gasteiger partial charge on any atom is 0.267 e. The van der Waals surface area contributed by atoms with Crippen LogP contribution in [0.15, 0.2) is 36.4 Å². The number of carbonyl (C=O) groups excluding carboxylic acids is 3. The molecule has 1 aromatic carbocycles. The number of aryl methyl sites for hydroxylation is 1. The first-order chi connectivity index (χ1) is 7.59. The zero-order valence-electron chi connectivity index (χ0n) is 8.64. The van der Waals surface area contributed by atoms with Crippen LogP contribution in [0.5, 0.6) is 0 Å². The summed E-state index contributed by atoms with van der Waals surface area (Å²) in [6, 6.07) is 6.70. The maximum atomic E-state index is 11.8. The van der Waals surface area contributed by atoms with Crippen molar-refractivity contribution in [3.8, 4) is 0 Å². The second-order valence-corrected chi connectivity index (χ2v) is 3.52. The molecule has 80 valence electrons. The standard InChI is InChI=1S/C12H9NO3/c1-8-2-4-9(5-3-8)12(16)13-10(14)6-7-11(13)15/h2-7H,1H3. The minimum absolute atomic E-state index is 0.330. The number of nitrogens with zero attached hydrogens (tertiary/aromatic N) is 1. The van der Waals surface area contributed by atoms with E-state index in [9.17, 15) is 14.4 Å². The van der Waals surface area contributed by atoms with Crippen molar-refractivity contribution in [2.45, 2.75) is 6.92 Å². The molecule has 1 aliphatic heterocycles. The number of hydrogen-bond donors (Lipinski definition) is 0. The number of amides is 3. The number of benzene rings is 1. The van der Waals surface area contributed by atoms with Crippen molar-refractivity contribution >= 4 is 17.7 Å². The summed E-state index contributed by atoms with van der Waals surface area (Å²) in [5.41, 5.74) is 1.34. The minimum atomic E-state index is -0.587. The summed E-state index contributed by atoms with van der Waals surface area (Å²) in [5, 5.41) is 0. The van der Waals surface area contributed by atoms with Crippen molar-refractivity contribution in [3.05, 3.63) is 47.5 Å². The lowest BCUT2D eigenvalue weighted by Gasteiger charge is -2.11. The highest BCUT2D eigenvalue weighted by atomic mass is 16.2. The Hall–Kier alpha value is -2.23. The van der Waals surface area contributed by atoms with Gasteiger partial charge in [-0.25, -0.2) is 4.90 Å². The van der Waals surface area contributed by atoms with Gasteiger partial charge in [-0.3, -0.25) is 14.4 Å². The van der Waals surface area contributed by atoms with Gasteiger partial charge in [-0.15, -0.1) is 0 Å². The van der Waals surface area contributed by atoms with Crippen LogP contribution in [0.25, 0.3) is 0 Å². The van der Waals surface area contributed by atoms with Gasteiger partial charge in [-0.1, -0.05) is 17.7 Å². The second kappa shape index (κ2) is 3.73. The molecule has 1 aromatic rings. The lowest BCUT2D eigenvalue weighted by Crippen LogP contribution is -2.36. The Labute approximate surface area is 92.2 Å². The van der Waals surface area contributed by atoms with E-state index in [1.165, 1.54) is 0 Å². The molecule has 2 rings (SSSR count). The fourth-order valence-corrected chi connectivity index (χ4v) is 1.43. The molecule has 0 saturated heterocycles. The van der Waals surface area contributed by atoms with Gasteiger partial charge < -0.3 is 0 Å². The number of carbonyl (C=O) groups is 3. The Balaban J connectivity index is 2.29.